The van der Waals surface area contributed by atoms with Gasteiger partial charge in [0.25, 0.3) is 6.43 Å². The molecule has 0 spiro atoms. The molecule has 0 radical (unpaired) electrons. The fraction of sp³-hybridized carbons (Fsp3) is 0.452. The van der Waals surface area contributed by atoms with Gasteiger partial charge < -0.3 is 25.2 Å². The number of hydrogen-bond donors (Lipinski definition) is 3. The first-order valence-corrected chi connectivity index (χ1v) is 13.9. The number of piperidine rings is 1. The highest BCUT2D eigenvalue weighted by atomic mass is 19.3. The van der Waals surface area contributed by atoms with Crippen LogP contribution in [0.15, 0.2) is 54.7 Å². The second-order valence-electron chi connectivity index (χ2n) is 9.13. The molecule has 2 unspecified atom stereocenters. The highest BCUT2D eigenvalue weighted by molar-refractivity contribution is 5.68. The van der Waals surface area contributed by atoms with Gasteiger partial charge in [-0.15, -0.1) is 0 Å². The van der Waals surface area contributed by atoms with E-state index in [1.807, 2.05) is 58.0 Å². The van der Waals surface area contributed by atoms with Crippen LogP contribution in [-0.2, 0) is 13.2 Å². The zero-order valence-electron chi connectivity index (χ0n) is 24.3. The molecular formula is C31H41F4N3O3. The molecule has 10 heteroatoms. The van der Waals surface area contributed by atoms with E-state index in [0.29, 0.717) is 30.8 Å². The van der Waals surface area contributed by atoms with Crippen LogP contribution < -0.4 is 15.0 Å². The van der Waals surface area contributed by atoms with E-state index in [2.05, 4.69) is 10.3 Å². The average Bonchev–Trinajstić information content (AvgIpc) is 3.02. The van der Waals surface area contributed by atoms with Crippen molar-refractivity contribution >= 4 is 5.82 Å². The van der Waals surface area contributed by atoms with E-state index in [-0.39, 0.29) is 30.0 Å². The third-order valence-electron chi connectivity index (χ3n) is 6.78. The molecule has 0 saturated carbocycles. The van der Waals surface area contributed by atoms with Crippen LogP contribution in [-0.4, -0.2) is 53.5 Å². The molecule has 1 aliphatic rings. The normalized spacial score (nSPS) is 17.2. The van der Waals surface area contributed by atoms with Gasteiger partial charge in [0.05, 0.1) is 19.3 Å². The SMILES string of the molecule is CC.CC.COc1cc(F)c(-c2cnc(N3CCCC(NCc4ccccc4)(C(O)C(F)F)C3)c(CO)c2)cc1F. The number of halogens is 4. The predicted molar refractivity (Wildman–Crippen MR) is 154 cm³/mol. The standard InChI is InChI=1S/C27H29F4N3O3.2C2H6/c1-37-23-12-21(28)20(11-22(23)29)18-10-19(15-35)26(32-14-18)34-9-5-8-27(16-34,24(36)25(30)31)33-13-17-6-3-2-4-7-17;2*1-2/h2-4,6-7,10-12,14,24-25,33,35-36H,5,8-9,13,15-16H2,1H3;2*1-2H3. The molecule has 1 aromatic heterocycles. The Labute approximate surface area is 240 Å². The van der Waals surface area contributed by atoms with Crippen molar-refractivity contribution in [3.63, 3.8) is 0 Å². The number of aliphatic hydroxyl groups excluding tert-OH is 2. The molecule has 2 aromatic carbocycles. The predicted octanol–water partition coefficient (Wildman–Crippen LogP) is 6.33. The topological polar surface area (TPSA) is 77.9 Å². The van der Waals surface area contributed by atoms with E-state index < -0.39 is 36.3 Å². The van der Waals surface area contributed by atoms with Crippen molar-refractivity contribution in [2.75, 3.05) is 25.1 Å². The lowest BCUT2D eigenvalue weighted by Gasteiger charge is -2.46. The van der Waals surface area contributed by atoms with Crippen LogP contribution in [0.3, 0.4) is 0 Å². The van der Waals surface area contributed by atoms with Crippen molar-refractivity contribution in [3.8, 4) is 16.9 Å². The average molecular weight is 580 g/mol. The van der Waals surface area contributed by atoms with Gasteiger partial charge in [0.2, 0.25) is 0 Å². The van der Waals surface area contributed by atoms with Crippen LogP contribution in [0.4, 0.5) is 23.4 Å². The summed E-state index contributed by atoms with van der Waals surface area (Å²) in [6, 6.07) is 12.7. The number of anilines is 1. The molecule has 6 nitrogen and oxygen atoms in total. The Morgan fingerprint density at radius 2 is 1.73 bits per heavy atom. The number of ether oxygens (including phenoxy) is 1. The highest BCUT2D eigenvalue weighted by Gasteiger charge is 2.46. The molecule has 0 bridgehead atoms. The van der Waals surface area contributed by atoms with Crippen molar-refractivity contribution in [1.29, 1.82) is 0 Å². The molecule has 1 aliphatic heterocycles. The summed E-state index contributed by atoms with van der Waals surface area (Å²) in [7, 11) is 1.23. The fourth-order valence-electron chi connectivity index (χ4n) is 4.83. The second kappa shape index (κ2) is 16.3. The molecule has 0 aliphatic carbocycles. The number of aliphatic hydroxyl groups is 2. The van der Waals surface area contributed by atoms with Gasteiger partial charge >= 0.3 is 0 Å². The van der Waals surface area contributed by atoms with E-state index in [0.717, 1.165) is 17.7 Å². The zero-order chi connectivity index (χ0) is 30.6. The second-order valence-corrected chi connectivity index (χ2v) is 9.13. The van der Waals surface area contributed by atoms with Crippen LogP contribution >= 0.6 is 0 Å². The maximum Gasteiger partial charge on any atom is 0.265 e. The van der Waals surface area contributed by atoms with E-state index >= 15 is 0 Å². The van der Waals surface area contributed by atoms with Gasteiger partial charge in [0, 0.05) is 48.6 Å². The largest absolute Gasteiger partial charge is 0.494 e. The first-order chi connectivity index (χ1) is 19.8. The summed E-state index contributed by atoms with van der Waals surface area (Å²) >= 11 is 0. The molecule has 41 heavy (non-hydrogen) atoms. The van der Waals surface area contributed by atoms with Crippen LogP contribution in [0.5, 0.6) is 5.75 Å². The van der Waals surface area contributed by atoms with Gasteiger partial charge in [-0.2, -0.15) is 0 Å². The smallest absolute Gasteiger partial charge is 0.265 e. The highest BCUT2D eigenvalue weighted by Crippen LogP contribution is 2.35. The van der Waals surface area contributed by atoms with Gasteiger partial charge in [-0.1, -0.05) is 58.0 Å². The van der Waals surface area contributed by atoms with Crippen LogP contribution in [0, 0.1) is 11.6 Å². The minimum absolute atomic E-state index is 0.0101. The van der Waals surface area contributed by atoms with Gasteiger partial charge in [-0.3, -0.25) is 0 Å². The van der Waals surface area contributed by atoms with E-state index in [1.54, 1.807) is 4.90 Å². The number of alkyl halides is 2. The number of rotatable bonds is 9. The Morgan fingerprint density at radius 1 is 1.05 bits per heavy atom. The third-order valence-corrected chi connectivity index (χ3v) is 6.78. The number of aromatic nitrogens is 1. The summed E-state index contributed by atoms with van der Waals surface area (Å²) in [4.78, 5) is 6.13. The lowest BCUT2D eigenvalue weighted by molar-refractivity contribution is -0.0658. The van der Waals surface area contributed by atoms with E-state index in [4.69, 9.17) is 4.74 Å². The molecule has 3 N–H and O–H groups in total. The van der Waals surface area contributed by atoms with Crippen molar-refractivity contribution in [3.05, 3.63) is 77.5 Å². The zero-order valence-corrected chi connectivity index (χ0v) is 24.3. The molecule has 2 atom stereocenters. The Kier molecular flexibility index (Phi) is 13.5. The maximum absolute atomic E-state index is 14.6. The van der Waals surface area contributed by atoms with Crippen LogP contribution in [0.25, 0.3) is 11.1 Å². The van der Waals surface area contributed by atoms with E-state index in [9.17, 15) is 27.8 Å². The summed E-state index contributed by atoms with van der Waals surface area (Å²) in [6.07, 6.45) is -2.77. The van der Waals surface area contributed by atoms with Crippen molar-refractivity contribution in [2.24, 2.45) is 0 Å². The summed E-state index contributed by atoms with van der Waals surface area (Å²) in [5.74, 6) is -1.38. The summed E-state index contributed by atoms with van der Waals surface area (Å²) in [6.45, 7) is 8.28. The summed E-state index contributed by atoms with van der Waals surface area (Å²) in [5, 5.41) is 23.8. The Morgan fingerprint density at radius 3 is 2.34 bits per heavy atom. The Balaban J connectivity index is 0.00000141. The number of pyridine rings is 1. The number of nitrogens with one attached hydrogen (secondary N) is 1. The number of nitrogens with zero attached hydrogens (tertiary/aromatic N) is 2. The molecule has 1 saturated heterocycles. The minimum Gasteiger partial charge on any atom is -0.494 e. The quantitative estimate of drug-likeness (QED) is 0.257. The van der Waals surface area contributed by atoms with Crippen LogP contribution in [0.1, 0.15) is 51.7 Å². The lowest BCUT2D eigenvalue weighted by atomic mass is 9.83. The lowest BCUT2D eigenvalue weighted by Crippen LogP contribution is -2.65. The van der Waals surface area contributed by atoms with Crippen molar-refractivity contribution in [1.82, 2.24) is 10.3 Å². The summed E-state index contributed by atoms with van der Waals surface area (Å²) in [5.41, 5.74) is 0.0505. The number of benzene rings is 2. The molecule has 2 heterocycles. The number of methoxy groups -OCH3 is 1. The first-order valence-electron chi connectivity index (χ1n) is 13.9. The minimum atomic E-state index is -2.97. The Bertz CT molecular complexity index is 1220. The number of hydrogen-bond acceptors (Lipinski definition) is 6. The van der Waals surface area contributed by atoms with E-state index in [1.165, 1.54) is 19.4 Å². The molecule has 3 aromatic rings. The van der Waals surface area contributed by atoms with Gasteiger partial charge in [-0.25, -0.2) is 22.5 Å². The molecule has 4 rings (SSSR count). The van der Waals surface area contributed by atoms with Gasteiger partial charge in [0.1, 0.15) is 17.7 Å². The first kappa shape index (κ1) is 34.0. The van der Waals surface area contributed by atoms with Gasteiger partial charge in [-0.05, 0) is 30.5 Å². The molecule has 226 valence electrons. The van der Waals surface area contributed by atoms with Crippen molar-refractivity contribution < 1.29 is 32.5 Å². The maximum atomic E-state index is 14.6. The van der Waals surface area contributed by atoms with Crippen molar-refractivity contribution in [2.45, 2.75) is 71.8 Å². The van der Waals surface area contributed by atoms with Gasteiger partial charge in [0.15, 0.2) is 11.6 Å². The molecular weight excluding hydrogens is 538 g/mol. The monoisotopic (exact) mass is 579 g/mol. The summed E-state index contributed by atoms with van der Waals surface area (Å²) < 4.78 is 61.2. The molecule has 1 fully saturated rings. The Hall–Kier alpha value is -3.21. The van der Waals surface area contributed by atoms with Crippen LogP contribution in [0.2, 0.25) is 0 Å². The molecule has 0 amide bonds. The fourth-order valence-corrected chi connectivity index (χ4v) is 4.83. The third kappa shape index (κ3) is 8.18.